The van der Waals surface area contributed by atoms with E-state index in [1.807, 2.05) is 12.1 Å². The molecule has 1 aliphatic rings. The molecule has 3 atom stereocenters. The Balaban J connectivity index is 1.83. The quantitative estimate of drug-likeness (QED) is 0.781. The first kappa shape index (κ1) is 15.8. The monoisotopic (exact) mass is 292 g/mol. The minimum Gasteiger partial charge on any atom is -0.389 e. The minimum absolute atomic E-state index is 0.223. The van der Waals surface area contributed by atoms with Gasteiger partial charge in [0.2, 0.25) is 0 Å². The number of urea groups is 1. The number of anilines is 1. The van der Waals surface area contributed by atoms with Crippen molar-refractivity contribution in [3.8, 4) is 0 Å². The zero-order chi connectivity index (χ0) is 15.2. The standard InChI is InChI=1S/C16H24N2O3/c1-3-15-13(7-8-21-15)10-17-16(20)18-14-6-4-5-12(9-14)11(2)19/h4-6,9,11,13,15,19H,3,7-8,10H2,1-2H3,(H2,17,18,20). The predicted molar refractivity (Wildman–Crippen MR) is 82.2 cm³/mol. The van der Waals surface area contributed by atoms with Gasteiger partial charge in [0.15, 0.2) is 0 Å². The molecule has 2 amide bonds. The van der Waals surface area contributed by atoms with Crippen molar-refractivity contribution in [2.45, 2.75) is 38.9 Å². The lowest BCUT2D eigenvalue weighted by Gasteiger charge is -2.17. The zero-order valence-electron chi connectivity index (χ0n) is 12.6. The maximum atomic E-state index is 11.9. The number of benzene rings is 1. The normalized spacial score (nSPS) is 22.8. The van der Waals surface area contributed by atoms with Crippen LogP contribution in [-0.2, 0) is 4.74 Å². The highest BCUT2D eigenvalue weighted by Gasteiger charge is 2.26. The largest absolute Gasteiger partial charge is 0.389 e. The van der Waals surface area contributed by atoms with Crippen LogP contribution >= 0.6 is 0 Å². The van der Waals surface area contributed by atoms with Gasteiger partial charge >= 0.3 is 6.03 Å². The number of aliphatic hydroxyl groups excluding tert-OH is 1. The molecule has 0 radical (unpaired) electrons. The Morgan fingerprint density at radius 3 is 3.05 bits per heavy atom. The average Bonchev–Trinajstić information content (AvgIpc) is 2.93. The van der Waals surface area contributed by atoms with E-state index in [4.69, 9.17) is 4.74 Å². The van der Waals surface area contributed by atoms with Crippen LogP contribution in [0.2, 0.25) is 0 Å². The first-order chi connectivity index (χ1) is 10.1. The van der Waals surface area contributed by atoms with E-state index in [2.05, 4.69) is 17.6 Å². The molecular formula is C16H24N2O3. The lowest BCUT2D eigenvalue weighted by molar-refractivity contribution is 0.0879. The highest BCUT2D eigenvalue weighted by atomic mass is 16.5. The fourth-order valence-corrected chi connectivity index (χ4v) is 2.65. The highest BCUT2D eigenvalue weighted by molar-refractivity contribution is 5.89. The molecule has 0 aliphatic carbocycles. The lowest BCUT2D eigenvalue weighted by atomic mass is 10.00. The molecule has 1 aromatic rings. The van der Waals surface area contributed by atoms with Gasteiger partial charge in [-0.25, -0.2) is 4.79 Å². The molecule has 21 heavy (non-hydrogen) atoms. The number of carbonyl (C=O) groups excluding carboxylic acids is 1. The van der Waals surface area contributed by atoms with Gasteiger partial charge in [-0.15, -0.1) is 0 Å². The van der Waals surface area contributed by atoms with E-state index < -0.39 is 6.10 Å². The van der Waals surface area contributed by atoms with Gasteiger partial charge in [-0.1, -0.05) is 19.1 Å². The van der Waals surface area contributed by atoms with Crippen molar-refractivity contribution in [3.05, 3.63) is 29.8 Å². The second kappa shape index (κ2) is 7.43. The third kappa shape index (κ3) is 4.44. The Kier molecular flexibility index (Phi) is 5.59. The molecule has 1 aliphatic heterocycles. The summed E-state index contributed by atoms with van der Waals surface area (Å²) in [4.78, 5) is 11.9. The van der Waals surface area contributed by atoms with Gasteiger partial charge in [-0.3, -0.25) is 0 Å². The van der Waals surface area contributed by atoms with Gasteiger partial charge in [0.25, 0.3) is 0 Å². The first-order valence-electron chi connectivity index (χ1n) is 7.54. The van der Waals surface area contributed by atoms with Crippen LogP contribution in [0.3, 0.4) is 0 Å². The minimum atomic E-state index is -0.546. The summed E-state index contributed by atoms with van der Waals surface area (Å²) in [6, 6.07) is 7.00. The van der Waals surface area contributed by atoms with Crippen LogP contribution in [0.5, 0.6) is 0 Å². The molecule has 1 aromatic carbocycles. The summed E-state index contributed by atoms with van der Waals surface area (Å²) in [6.07, 6.45) is 1.68. The van der Waals surface area contributed by atoms with E-state index in [-0.39, 0.29) is 12.1 Å². The summed E-state index contributed by atoms with van der Waals surface area (Å²) < 4.78 is 5.61. The Hall–Kier alpha value is -1.59. The van der Waals surface area contributed by atoms with Crippen LogP contribution in [0.1, 0.15) is 38.4 Å². The molecule has 1 heterocycles. The van der Waals surface area contributed by atoms with Gasteiger partial charge in [0.1, 0.15) is 0 Å². The summed E-state index contributed by atoms with van der Waals surface area (Å²) in [5.74, 6) is 0.393. The van der Waals surface area contributed by atoms with Gasteiger partial charge in [0, 0.05) is 24.8 Å². The first-order valence-corrected chi connectivity index (χ1v) is 7.54. The van der Waals surface area contributed by atoms with Crippen LogP contribution < -0.4 is 10.6 Å². The van der Waals surface area contributed by atoms with Crippen LogP contribution in [0.4, 0.5) is 10.5 Å². The van der Waals surface area contributed by atoms with Crippen molar-refractivity contribution in [1.29, 1.82) is 0 Å². The molecule has 116 valence electrons. The molecule has 1 fully saturated rings. The number of nitrogens with one attached hydrogen (secondary N) is 2. The molecular weight excluding hydrogens is 268 g/mol. The molecule has 0 bridgehead atoms. The topological polar surface area (TPSA) is 70.6 Å². The third-order valence-corrected chi connectivity index (χ3v) is 3.90. The molecule has 5 heteroatoms. The zero-order valence-corrected chi connectivity index (χ0v) is 12.6. The molecule has 3 unspecified atom stereocenters. The predicted octanol–water partition coefficient (Wildman–Crippen LogP) is 2.68. The van der Waals surface area contributed by atoms with Gasteiger partial charge in [0.05, 0.1) is 12.2 Å². The lowest BCUT2D eigenvalue weighted by Crippen LogP contribution is -2.35. The summed E-state index contributed by atoms with van der Waals surface area (Å²) in [6.45, 7) is 5.21. The van der Waals surface area contributed by atoms with E-state index in [9.17, 15) is 9.90 Å². The van der Waals surface area contributed by atoms with E-state index in [0.717, 1.165) is 25.0 Å². The van der Waals surface area contributed by atoms with Gasteiger partial charge in [-0.2, -0.15) is 0 Å². The molecule has 0 saturated carbocycles. The van der Waals surface area contributed by atoms with E-state index in [0.29, 0.717) is 18.2 Å². The van der Waals surface area contributed by atoms with Crippen LogP contribution in [0.25, 0.3) is 0 Å². The van der Waals surface area contributed by atoms with E-state index in [1.165, 1.54) is 0 Å². The van der Waals surface area contributed by atoms with Crippen molar-refractivity contribution in [2.75, 3.05) is 18.5 Å². The Morgan fingerprint density at radius 2 is 2.33 bits per heavy atom. The number of aliphatic hydroxyl groups is 1. The number of rotatable bonds is 5. The Labute approximate surface area is 125 Å². The summed E-state index contributed by atoms with van der Waals surface area (Å²) in [7, 11) is 0. The molecule has 3 N–H and O–H groups in total. The molecule has 0 aromatic heterocycles. The second-order valence-electron chi connectivity index (χ2n) is 5.50. The average molecular weight is 292 g/mol. The van der Waals surface area contributed by atoms with Gasteiger partial charge < -0.3 is 20.5 Å². The smallest absolute Gasteiger partial charge is 0.319 e. The van der Waals surface area contributed by atoms with Crippen molar-refractivity contribution >= 4 is 11.7 Å². The number of amides is 2. The van der Waals surface area contributed by atoms with Crippen molar-refractivity contribution in [2.24, 2.45) is 5.92 Å². The fraction of sp³-hybridized carbons (Fsp3) is 0.562. The number of hydrogen-bond acceptors (Lipinski definition) is 3. The molecule has 5 nitrogen and oxygen atoms in total. The Bertz CT molecular complexity index is 476. The van der Waals surface area contributed by atoms with Crippen molar-refractivity contribution < 1.29 is 14.6 Å². The third-order valence-electron chi connectivity index (χ3n) is 3.90. The summed E-state index contributed by atoms with van der Waals surface area (Å²) >= 11 is 0. The maximum absolute atomic E-state index is 11.9. The maximum Gasteiger partial charge on any atom is 0.319 e. The number of hydrogen-bond donors (Lipinski definition) is 3. The van der Waals surface area contributed by atoms with Crippen LogP contribution in [0, 0.1) is 5.92 Å². The summed E-state index contributed by atoms with van der Waals surface area (Å²) in [5, 5.41) is 15.2. The van der Waals surface area contributed by atoms with Crippen molar-refractivity contribution in [3.63, 3.8) is 0 Å². The molecule has 1 saturated heterocycles. The Morgan fingerprint density at radius 1 is 1.52 bits per heavy atom. The highest BCUT2D eigenvalue weighted by Crippen LogP contribution is 2.22. The summed E-state index contributed by atoms with van der Waals surface area (Å²) in [5.41, 5.74) is 1.46. The van der Waals surface area contributed by atoms with E-state index >= 15 is 0 Å². The number of ether oxygens (including phenoxy) is 1. The molecule has 2 rings (SSSR count). The van der Waals surface area contributed by atoms with Crippen LogP contribution in [-0.4, -0.2) is 30.4 Å². The number of carbonyl (C=O) groups is 1. The molecule has 0 spiro atoms. The van der Waals surface area contributed by atoms with Crippen LogP contribution in [0.15, 0.2) is 24.3 Å². The fourth-order valence-electron chi connectivity index (χ4n) is 2.65. The van der Waals surface area contributed by atoms with Gasteiger partial charge in [-0.05, 0) is 37.5 Å². The SMILES string of the molecule is CCC1OCCC1CNC(=O)Nc1cccc(C(C)O)c1. The van der Waals surface area contributed by atoms with Crippen molar-refractivity contribution in [1.82, 2.24) is 5.32 Å². The van der Waals surface area contributed by atoms with E-state index in [1.54, 1.807) is 19.1 Å². The second-order valence-corrected chi connectivity index (χ2v) is 5.50.